The quantitative estimate of drug-likeness (QED) is 0.815. The Morgan fingerprint density at radius 3 is 3.12 bits per heavy atom. The van der Waals surface area contributed by atoms with E-state index in [2.05, 4.69) is 16.6 Å². The molecule has 1 unspecified atom stereocenters. The van der Waals surface area contributed by atoms with Gasteiger partial charge in [0.15, 0.2) is 0 Å². The normalized spacial score (nSPS) is 25.1. The van der Waals surface area contributed by atoms with Crippen LogP contribution in [0.5, 0.6) is 0 Å². The van der Waals surface area contributed by atoms with Crippen molar-refractivity contribution in [2.75, 3.05) is 6.61 Å². The van der Waals surface area contributed by atoms with Gasteiger partial charge in [0.25, 0.3) is 0 Å². The SMILES string of the molecule is c1nn(CC2CCCO2)cc1CNC1CC1. The van der Waals surface area contributed by atoms with Gasteiger partial charge in [-0.3, -0.25) is 4.68 Å². The highest BCUT2D eigenvalue weighted by Crippen LogP contribution is 2.19. The van der Waals surface area contributed by atoms with Crippen molar-refractivity contribution in [3.63, 3.8) is 0 Å². The minimum Gasteiger partial charge on any atom is -0.376 e. The molecule has 4 nitrogen and oxygen atoms in total. The molecule has 1 saturated carbocycles. The first-order valence-electron chi connectivity index (χ1n) is 6.26. The molecule has 2 aliphatic rings. The highest BCUT2D eigenvalue weighted by molar-refractivity contribution is 5.04. The Hall–Kier alpha value is -0.870. The van der Waals surface area contributed by atoms with Crippen LogP contribution in [0.15, 0.2) is 12.4 Å². The van der Waals surface area contributed by atoms with Gasteiger partial charge in [0.05, 0.1) is 18.8 Å². The number of nitrogens with zero attached hydrogens (tertiary/aromatic N) is 2. The maximum atomic E-state index is 5.60. The molecule has 88 valence electrons. The molecule has 2 fully saturated rings. The molecule has 1 aromatic rings. The lowest BCUT2D eigenvalue weighted by Crippen LogP contribution is -2.16. The third-order valence-corrected chi connectivity index (χ3v) is 3.27. The molecule has 0 bridgehead atoms. The molecule has 0 spiro atoms. The first-order valence-corrected chi connectivity index (χ1v) is 6.26. The molecule has 3 rings (SSSR count). The standard InChI is InChI=1S/C12H19N3O/c1-2-12(16-5-1)9-15-8-10(7-14-15)6-13-11-3-4-11/h7-8,11-13H,1-6,9H2. The van der Waals surface area contributed by atoms with E-state index in [4.69, 9.17) is 4.74 Å². The summed E-state index contributed by atoms with van der Waals surface area (Å²) in [4.78, 5) is 0. The lowest BCUT2D eigenvalue weighted by molar-refractivity contribution is 0.0940. The fourth-order valence-electron chi connectivity index (χ4n) is 2.14. The van der Waals surface area contributed by atoms with Crippen molar-refractivity contribution in [3.8, 4) is 0 Å². The van der Waals surface area contributed by atoms with Crippen LogP contribution in [0.2, 0.25) is 0 Å². The van der Waals surface area contributed by atoms with Gasteiger partial charge < -0.3 is 10.1 Å². The van der Waals surface area contributed by atoms with Crippen molar-refractivity contribution < 1.29 is 4.74 Å². The second-order valence-corrected chi connectivity index (χ2v) is 4.86. The Morgan fingerprint density at radius 2 is 2.38 bits per heavy atom. The van der Waals surface area contributed by atoms with Gasteiger partial charge in [-0.25, -0.2) is 0 Å². The lowest BCUT2D eigenvalue weighted by Gasteiger charge is -2.08. The van der Waals surface area contributed by atoms with E-state index in [-0.39, 0.29) is 0 Å². The zero-order chi connectivity index (χ0) is 10.8. The molecule has 2 heterocycles. The molecule has 1 N–H and O–H groups in total. The molecule has 4 heteroatoms. The third-order valence-electron chi connectivity index (χ3n) is 3.27. The molecule has 0 aromatic carbocycles. The van der Waals surface area contributed by atoms with E-state index in [1.54, 1.807) is 0 Å². The number of hydrogen-bond acceptors (Lipinski definition) is 3. The Balaban J connectivity index is 1.50. The highest BCUT2D eigenvalue weighted by atomic mass is 16.5. The van der Waals surface area contributed by atoms with E-state index < -0.39 is 0 Å². The van der Waals surface area contributed by atoms with Gasteiger partial charge in [-0.2, -0.15) is 5.10 Å². The van der Waals surface area contributed by atoms with Crippen LogP contribution in [-0.4, -0.2) is 28.5 Å². The van der Waals surface area contributed by atoms with Crippen molar-refractivity contribution in [3.05, 3.63) is 18.0 Å². The summed E-state index contributed by atoms with van der Waals surface area (Å²) in [5.41, 5.74) is 1.28. The van der Waals surface area contributed by atoms with E-state index in [1.165, 1.54) is 31.2 Å². The second kappa shape index (κ2) is 4.55. The number of nitrogens with one attached hydrogen (secondary N) is 1. The topological polar surface area (TPSA) is 39.1 Å². The molecule has 0 radical (unpaired) electrons. The summed E-state index contributed by atoms with van der Waals surface area (Å²) in [6.07, 6.45) is 9.52. The Bertz CT molecular complexity index is 340. The van der Waals surface area contributed by atoms with Crippen LogP contribution < -0.4 is 5.32 Å². The second-order valence-electron chi connectivity index (χ2n) is 4.86. The van der Waals surface area contributed by atoms with E-state index in [1.807, 2.05) is 10.9 Å². The van der Waals surface area contributed by atoms with Crippen LogP contribution in [0.1, 0.15) is 31.2 Å². The fraction of sp³-hybridized carbons (Fsp3) is 0.750. The zero-order valence-corrected chi connectivity index (χ0v) is 9.56. The third kappa shape index (κ3) is 2.62. The Morgan fingerprint density at radius 1 is 1.44 bits per heavy atom. The minimum absolute atomic E-state index is 0.379. The van der Waals surface area contributed by atoms with Gasteiger partial charge in [0.1, 0.15) is 0 Å². The van der Waals surface area contributed by atoms with Crippen LogP contribution >= 0.6 is 0 Å². The van der Waals surface area contributed by atoms with Crippen LogP contribution in [0.3, 0.4) is 0 Å². The molecule has 0 amide bonds. The molecule has 16 heavy (non-hydrogen) atoms. The predicted octanol–water partition coefficient (Wildman–Crippen LogP) is 1.31. The van der Waals surface area contributed by atoms with Crippen molar-refractivity contribution in [1.82, 2.24) is 15.1 Å². The maximum absolute atomic E-state index is 5.60. The van der Waals surface area contributed by atoms with Gasteiger partial charge in [0.2, 0.25) is 0 Å². The first-order chi connectivity index (χ1) is 7.90. The molecule has 1 atom stereocenters. The molecular formula is C12H19N3O. The van der Waals surface area contributed by atoms with Crippen LogP contribution in [0, 0.1) is 0 Å². The predicted molar refractivity (Wildman–Crippen MR) is 61.1 cm³/mol. The first kappa shape index (κ1) is 10.3. The maximum Gasteiger partial charge on any atom is 0.0771 e. The van der Waals surface area contributed by atoms with Gasteiger partial charge in [0, 0.05) is 31.0 Å². The fourth-order valence-corrected chi connectivity index (χ4v) is 2.14. The highest BCUT2D eigenvalue weighted by Gasteiger charge is 2.20. The molecule has 1 aliphatic heterocycles. The number of rotatable bonds is 5. The average Bonchev–Trinajstić information content (AvgIpc) is 2.78. The summed E-state index contributed by atoms with van der Waals surface area (Å²) in [5.74, 6) is 0. The van der Waals surface area contributed by atoms with Crippen molar-refractivity contribution >= 4 is 0 Å². The van der Waals surface area contributed by atoms with E-state index in [0.717, 1.165) is 25.7 Å². The summed E-state index contributed by atoms with van der Waals surface area (Å²) < 4.78 is 7.61. The van der Waals surface area contributed by atoms with Crippen LogP contribution in [0.4, 0.5) is 0 Å². The van der Waals surface area contributed by atoms with Gasteiger partial charge in [-0.15, -0.1) is 0 Å². The van der Waals surface area contributed by atoms with Gasteiger partial charge in [-0.05, 0) is 25.7 Å². The van der Waals surface area contributed by atoms with Gasteiger partial charge >= 0.3 is 0 Å². The van der Waals surface area contributed by atoms with Crippen LogP contribution in [-0.2, 0) is 17.8 Å². The van der Waals surface area contributed by atoms with Crippen molar-refractivity contribution in [2.24, 2.45) is 0 Å². The van der Waals surface area contributed by atoms with E-state index in [9.17, 15) is 0 Å². The van der Waals surface area contributed by atoms with E-state index >= 15 is 0 Å². The van der Waals surface area contributed by atoms with Gasteiger partial charge in [-0.1, -0.05) is 0 Å². The summed E-state index contributed by atoms with van der Waals surface area (Å²) >= 11 is 0. The molecule has 1 saturated heterocycles. The van der Waals surface area contributed by atoms with E-state index in [0.29, 0.717) is 6.10 Å². The molecule has 1 aromatic heterocycles. The summed E-state index contributed by atoms with van der Waals surface area (Å²) in [6, 6.07) is 0.765. The zero-order valence-electron chi connectivity index (χ0n) is 9.56. The van der Waals surface area contributed by atoms with Crippen molar-refractivity contribution in [1.29, 1.82) is 0 Å². The Kier molecular flexibility index (Phi) is 2.93. The Labute approximate surface area is 96.0 Å². The molecule has 1 aliphatic carbocycles. The monoisotopic (exact) mass is 221 g/mol. The van der Waals surface area contributed by atoms with Crippen molar-refractivity contribution in [2.45, 2.75) is 50.9 Å². The minimum atomic E-state index is 0.379. The number of hydrogen-bond donors (Lipinski definition) is 1. The number of aromatic nitrogens is 2. The van der Waals surface area contributed by atoms with Crippen LogP contribution in [0.25, 0.3) is 0 Å². The lowest BCUT2D eigenvalue weighted by atomic mass is 10.2. The smallest absolute Gasteiger partial charge is 0.0771 e. The average molecular weight is 221 g/mol. The molecular weight excluding hydrogens is 202 g/mol. The largest absolute Gasteiger partial charge is 0.376 e. The summed E-state index contributed by atoms with van der Waals surface area (Å²) in [7, 11) is 0. The summed E-state index contributed by atoms with van der Waals surface area (Å²) in [5, 5.41) is 7.87. The summed E-state index contributed by atoms with van der Waals surface area (Å²) in [6.45, 7) is 2.78. The number of ether oxygens (including phenoxy) is 1.